The summed E-state index contributed by atoms with van der Waals surface area (Å²) in [6, 6.07) is 3.22. The Labute approximate surface area is 99.8 Å². The number of nitroso groups, excluding NO2 is 1. The fourth-order valence-electron chi connectivity index (χ4n) is 2.07. The molecule has 0 N–H and O–H groups in total. The Hall–Kier alpha value is -1.78. The highest BCUT2D eigenvalue weighted by atomic mass is 16.3. The molecule has 1 aliphatic heterocycles. The largest absolute Gasteiger partial charge is 0.343 e. The van der Waals surface area contributed by atoms with Crippen LogP contribution in [0, 0.1) is 4.91 Å². The van der Waals surface area contributed by atoms with E-state index in [1.807, 2.05) is 6.07 Å². The lowest BCUT2D eigenvalue weighted by atomic mass is 10.1. The van der Waals surface area contributed by atoms with Crippen molar-refractivity contribution in [1.82, 2.24) is 9.88 Å². The molecule has 1 aromatic rings. The maximum atomic E-state index is 11.4. The van der Waals surface area contributed by atoms with E-state index in [4.69, 9.17) is 0 Å². The van der Waals surface area contributed by atoms with E-state index in [9.17, 15) is 9.70 Å². The first kappa shape index (κ1) is 11.7. The highest BCUT2D eigenvalue weighted by Gasteiger charge is 2.21. The molecule has 0 aromatic carbocycles. The Kier molecular flexibility index (Phi) is 3.80. The number of hydrogen-bond acceptors (Lipinski definition) is 4. The summed E-state index contributed by atoms with van der Waals surface area (Å²) in [5.74, 6) is 0.181. The van der Waals surface area contributed by atoms with Gasteiger partial charge in [0, 0.05) is 31.9 Å². The first-order chi connectivity index (χ1) is 8.31. The molecular weight excluding hydrogens is 218 g/mol. The Morgan fingerprint density at radius 3 is 3.00 bits per heavy atom. The van der Waals surface area contributed by atoms with Crippen molar-refractivity contribution < 1.29 is 4.79 Å². The predicted molar refractivity (Wildman–Crippen MR) is 63.2 cm³/mol. The lowest BCUT2D eigenvalue weighted by Gasteiger charge is -2.17. The average Bonchev–Trinajstić information content (AvgIpc) is 2.77. The molecule has 1 aliphatic rings. The summed E-state index contributed by atoms with van der Waals surface area (Å²) in [6.07, 6.45) is 5.44. The Morgan fingerprint density at radius 1 is 1.53 bits per heavy atom. The molecule has 0 bridgehead atoms. The smallest absolute Gasteiger partial charge is 0.222 e. The lowest BCUT2D eigenvalue weighted by molar-refractivity contribution is -0.127. The van der Waals surface area contributed by atoms with E-state index in [0.29, 0.717) is 19.4 Å². The standard InChI is InChI=1S/C12H15N3O2/c16-12-4-2-7-15(12)8-5-11(14-17)10-3-1-6-13-9-10/h1,3,6,9,11H,2,4-5,7-8H2. The van der Waals surface area contributed by atoms with Crippen molar-refractivity contribution in [2.24, 2.45) is 5.18 Å². The SMILES string of the molecule is O=NC(CCN1CCCC1=O)c1cccnc1. The van der Waals surface area contributed by atoms with Gasteiger partial charge in [-0.2, -0.15) is 4.91 Å². The van der Waals surface area contributed by atoms with Crippen LogP contribution in [0.5, 0.6) is 0 Å². The minimum atomic E-state index is -0.405. The molecule has 0 spiro atoms. The summed E-state index contributed by atoms with van der Waals surface area (Å²) >= 11 is 0. The molecule has 0 saturated carbocycles. The number of rotatable bonds is 5. The molecule has 2 rings (SSSR count). The van der Waals surface area contributed by atoms with Crippen LogP contribution in [0.3, 0.4) is 0 Å². The third-order valence-corrected chi connectivity index (χ3v) is 3.04. The zero-order valence-corrected chi connectivity index (χ0v) is 9.58. The molecule has 90 valence electrons. The van der Waals surface area contributed by atoms with Gasteiger partial charge in [-0.25, -0.2) is 0 Å². The maximum absolute atomic E-state index is 11.4. The molecular formula is C12H15N3O2. The molecule has 0 aliphatic carbocycles. The molecule has 0 radical (unpaired) electrons. The molecule has 1 atom stereocenters. The fraction of sp³-hybridized carbons (Fsp3) is 0.500. The molecule has 1 amide bonds. The summed E-state index contributed by atoms with van der Waals surface area (Å²) in [5.41, 5.74) is 0.814. The number of carbonyl (C=O) groups is 1. The summed E-state index contributed by atoms with van der Waals surface area (Å²) in [5, 5.41) is 3.12. The summed E-state index contributed by atoms with van der Waals surface area (Å²) in [7, 11) is 0. The summed E-state index contributed by atoms with van der Waals surface area (Å²) in [6.45, 7) is 1.40. The van der Waals surface area contributed by atoms with Crippen LogP contribution in [0.25, 0.3) is 0 Å². The van der Waals surface area contributed by atoms with Gasteiger partial charge in [0.15, 0.2) is 0 Å². The minimum Gasteiger partial charge on any atom is -0.343 e. The zero-order valence-electron chi connectivity index (χ0n) is 9.58. The molecule has 1 fully saturated rings. The number of aromatic nitrogens is 1. The van der Waals surface area contributed by atoms with Gasteiger partial charge in [-0.1, -0.05) is 11.2 Å². The van der Waals surface area contributed by atoms with Crippen molar-refractivity contribution in [2.45, 2.75) is 25.3 Å². The van der Waals surface area contributed by atoms with Crippen molar-refractivity contribution in [3.8, 4) is 0 Å². The minimum absolute atomic E-state index is 0.181. The van der Waals surface area contributed by atoms with Crippen LogP contribution in [0.15, 0.2) is 29.7 Å². The van der Waals surface area contributed by atoms with Crippen LogP contribution in [-0.2, 0) is 4.79 Å². The van der Waals surface area contributed by atoms with Gasteiger partial charge in [-0.15, -0.1) is 0 Å². The van der Waals surface area contributed by atoms with E-state index < -0.39 is 6.04 Å². The van der Waals surface area contributed by atoms with Crippen LogP contribution in [0.2, 0.25) is 0 Å². The van der Waals surface area contributed by atoms with Crippen LogP contribution in [-0.4, -0.2) is 28.9 Å². The maximum Gasteiger partial charge on any atom is 0.222 e. The molecule has 1 unspecified atom stereocenters. The van der Waals surface area contributed by atoms with Gasteiger partial charge in [-0.05, 0) is 24.5 Å². The van der Waals surface area contributed by atoms with Crippen molar-refractivity contribution in [3.63, 3.8) is 0 Å². The van der Waals surface area contributed by atoms with Crippen LogP contribution >= 0.6 is 0 Å². The number of nitrogens with zero attached hydrogens (tertiary/aromatic N) is 3. The second-order valence-electron chi connectivity index (χ2n) is 4.18. The predicted octanol–water partition coefficient (Wildman–Crippen LogP) is 1.90. The third kappa shape index (κ3) is 2.87. The number of pyridine rings is 1. The van der Waals surface area contributed by atoms with Gasteiger partial charge >= 0.3 is 0 Å². The Bertz CT molecular complexity index is 394. The summed E-state index contributed by atoms with van der Waals surface area (Å²) in [4.78, 5) is 28.0. The average molecular weight is 233 g/mol. The Balaban J connectivity index is 1.92. The fourth-order valence-corrected chi connectivity index (χ4v) is 2.07. The third-order valence-electron chi connectivity index (χ3n) is 3.04. The highest BCUT2D eigenvalue weighted by molar-refractivity contribution is 5.78. The zero-order chi connectivity index (χ0) is 12.1. The molecule has 5 nitrogen and oxygen atoms in total. The first-order valence-corrected chi connectivity index (χ1v) is 5.81. The quantitative estimate of drug-likeness (QED) is 0.730. The van der Waals surface area contributed by atoms with E-state index in [1.54, 1.807) is 23.4 Å². The number of hydrogen-bond donors (Lipinski definition) is 0. The topological polar surface area (TPSA) is 62.6 Å². The summed E-state index contributed by atoms with van der Waals surface area (Å²) < 4.78 is 0. The molecule has 1 saturated heterocycles. The second-order valence-corrected chi connectivity index (χ2v) is 4.18. The number of amides is 1. The lowest BCUT2D eigenvalue weighted by Crippen LogP contribution is -2.26. The van der Waals surface area contributed by atoms with E-state index in [-0.39, 0.29) is 5.91 Å². The van der Waals surface area contributed by atoms with E-state index in [2.05, 4.69) is 10.2 Å². The van der Waals surface area contributed by atoms with Crippen molar-refractivity contribution in [1.29, 1.82) is 0 Å². The van der Waals surface area contributed by atoms with Gasteiger partial charge in [0.1, 0.15) is 6.04 Å². The van der Waals surface area contributed by atoms with Crippen molar-refractivity contribution in [2.75, 3.05) is 13.1 Å². The number of likely N-dealkylation sites (tertiary alicyclic amines) is 1. The first-order valence-electron chi connectivity index (χ1n) is 5.81. The molecule has 17 heavy (non-hydrogen) atoms. The highest BCUT2D eigenvalue weighted by Crippen LogP contribution is 2.21. The van der Waals surface area contributed by atoms with Gasteiger partial charge in [-0.3, -0.25) is 9.78 Å². The molecule has 5 heteroatoms. The molecule has 2 heterocycles. The van der Waals surface area contributed by atoms with E-state index in [1.165, 1.54) is 0 Å². The van der Waals surface area contributed by atoms with Crippen LogP contribution < -0.4 is 0 Å². The van der Waals surface area contributed by atoms with E-state index >= 15 is 0 Å². The Morgan fingerprint density at radius 2 is 2.41 bits per heavy atom. The molecule has 1 aromatic heterocycles. The monoisotopic (exact) mass is 233 g/mol. The number of carbonyl (C=O) groups excluding carboxylic acids is 1. The van der Waals surface area contributed by atoms with Crippen LogP contribution in [0.1, 0.15) is 30.9 Å². The van der Waals surface area contributed by atoms with Crippen LogP contribution in [0.4, 0.5) is 0 Å². The van der Waals surface area contributed by atoms with Gasteiger partial charge in [0.25, 0.3) is 0 Å². The van der Waals surface area contributed by atoms with Gasteiger partial charge < -0.3 is 4.90 Å². The van der Waals surface area contributed by atoms with Crippen molar-refractivity contribution in [3.05, 3.63) is 35.0 Å². The van der Waals surface area contributed by atoms with Crippen molar-refractivity contribution >= 4 is 5.91 Å². The second kappa shape index (κ2) is 5.52. The van der Waals surface area contributed by atoms with E-state index in [0.717, 1.165) is 18.5 Å². The van der Waals surface area contributed by atoms with Gasteiger partial charge in [0.2, 0.25) is 5.91 Å². The van der Waals surface area contributed by atoms with Gasteiger partial charge in [0.05, 0.1) is 0 Å². The normalized spacial score (nSPS) is 17.2.